The third-order valence-electron chi connectivity index (χ3n) is 2.65. The summed E-state index contributed by atoms with van der Waals surface area (Å²) in [6, 6.07) is 5.92. The number of rotatable bonds is 2. The first kappa shape index (κ1) is 11.2. The largest absolute Gasteiger partial charge is 0.386 e. The van der Waals surface area contributed by atoms with E-state index in [2.05, 4.69) is 0 Å². The van der Waals surface area contributed by atoms with E-state index in [1.165, 1.54) is 5.56 Å². The smallest absolute Gasteiger partial charge is 0.0966 e. The van der Waals surface area contributed by atoms with Crippen LogP contribution in [0.25, 0.3) is 0 Å². The molecule has 0 fully saturated rings. The molecule has 78 valence electrons. The van der Waals surface area contributed by atoms with Crippen LogP contribution in [0.4, 0.5) is 0 Å². The van der Waals surface area contributed by atoms with Crippen LogP contribution in [-0.4, -0.2) is 10.6 Å². The van der Waals surface area contributed by atoms with Gasteiger partial charge in [0.1, 0.15) is 0 Å². The SMILES string of the molecule is Cc1cccc(C(O)C(C)(C)N)c1C. The maximum atomic E-state index is 10.0. The summed E-state index contributed by atoms with van der Waals surface area (Å²) >= 11 is 0. The second-order valence-corrected chi connectivity index (χ2v) is 4.51. The quantitative estimate of drug-likeness (QED) is 0.755. The Morgan fingerprint density at radius 1 is 1.29 bits per heavy atom. The summed E-state index contributed by atoms with van der Waals surface area (Å²) < 4.78 is 0. The van der Waals surface area contributed by atoms with Crippen molar-refractivity contribution in [3.63, 3.8) is 0 Å². The van der Waals surface area contributed by atoms with Crippen molar-refractivity contribution in [2.24, 2.45) is 5.73 Å². The third-order valence-corrected chi connectivity index (χ3v) is 2.65. The number of aliphatic hydroxyl groups is 1. The van der Waals surface area contributed by atoms with Gasteiger partial charge in [0.25, 0.3) is 0 Å². The van der Waals surface area contributed by atoms with E-state index in [0.29, 0.717) is 0 Å². The van der Waals surface area contributed by atoms with Crippen molar-refractivity contribution in [3.8, 4) is 0 Å². The predicted molar refractivity (Wildman–Crippen MR) is 59.1 cm³/mol. The van der Waals surface area contributed by atoms with Crippen LogP contribution in [0.5, 0.6) is 0 Å². The molecule has 0 amide bonds. The van der Waals surface area contributed by atoms with E-state index in [1.54, 1.807) is 0 Å². The topological polar surface area (TPSA) is 46.2 Å². The maximum Gasteiger partial charge on any atom is 0.0966 e. The Kier molecular flexibility index (Phi) is 2.98. The van der Waals surface area contributed by atoms with Gasteiger partial charge in [0, 0.05) is 5.54 Å². The Balaban J connectivity index is 3.14. The molecule has 0 aliphatic carbocycles. The molecule has 0 aliphatic heterocycles. The van der Waals surface area contributed by atoms with Crippen molar-refractivity contribution in [2.75, 3.05) is 0 Å². The molecule has 1 aromatic carbocycles. The summed E-state index contributed by atoms with van der Waals surface area (Å²) in [5, 5.41) is 10.0. The summed E-state index contributed by atoms with van der Waals surface area (Å²) in [5.74, 6) is 0. The minimum Gasteiger partial charge on any atom is -0.386 e. The molecule has 0 aliphatic rings. The van der Waals surface area contributed by atoms with E-state index >= 15 is 0 Å². The molecule has 0 saturated carbocycles. The molecule has 2 heteroatoms. The van der Waals surface area contributed by atoms with Crippen LogP contribution in [-0.2, 0) is 0 Å². The van der Waals surface area contributed by atoms with Gasteiger partial charge in [0.2, 0.25) is 0 Å². The van der Waals surface area contributed by atoms with Crippen LogP contribution in [0.1, 0.15) is 36.6 Å². The molecule has 2 nitrogen and oxygen atoms in total. The lowest BCUT2D eigenvalue weighted by Crippen LogP contribution is -2.39. The Morgan fingerprint density at radius 2 is 1.86 bits per heavy atom. The summed E-state index contributed by atoms with van der Waals surface area (Å²) in [5.41, 5.74) is 8.52. The maximum absolute atomic E-state index is 10.0. The molecule has 1 rings (SSSR count). The fourth-order valence-corrected chi connectivity index (χ4v) is 1.47. The zero-order valence-corrected chi connectivity index (χ0v) is 9.33. The molecule has 0 bridgehead atoms. The van der Waals surface area contributed by atoms with Crippen molar-refractivity contribution in [1.82, 2.24) is 0 Å². The lowest BCUT2D eigenvalue weighted by Gasteiger charge is -2.27. The fraction of sp³-hybridized carbons (Fsp3) is 0.500. The highest BCUT2D eigenvalue weighted by molar-refractivity contribution is 5.35. The molecule has 0 saturated heterocycles. The van der Waals surface area contributed by atoms with Gasteiger partial charge in [-0.05, 0) is 44.4 Å². The van der Waals surface area contributed by atoms with Crippen LogP contribution in [0.2, 0.25) is 0 Å². The number of nitrogens with two attached hydrogens (primary N) is 1. The Morgan fingerprint density at radius 3 is 2.36 bits per heavy atom. The van der Waals surface area contributed by atoms with E-state index < -0.39 is 11.6 Å². The number of hydrogen-bond acceptors (Lipinski definition) is 2. The van der Waals surface area contributed by atoms with E-state index in [0.717, 1.165) is 11.1 Å². The number of hydrogen-bond donors (Lipinski definition) is 2. The van der Waals surface area contributed by atoms with Gasteiger partial charge in [-0.2, -0.15) is 0 Å². The first-order valence-electron chi connectivity index (χ1n) is 4.87. The second kappa shape index (κ2) is 3.71. The van der Waals surface area contributed by atoms with Gasteiger partial charge in [0.15, 0.2) is 0 Å². The molecule has 0 radical (unpaired) electrons. The van der Waals surface area contributed by atoms with Gasteiger partial charge in [-0.3, -0.25) is 0 Å². The zero-order chi connectivity index (χ0) is 10.9. The molecule has 0 spiro atoms. The van der Waals surface area contributed by atoms with Gasteiger partial charge in [-0.1, -0.05) is 18.2 Å². The molecular formula is C12H19NO. The minimum absolute atomic E-state index is 0.599. The van der Waals surface area contributed by atoms with Crippen molar-refractivity contribution >= 4 is 0 Å². The highest BCUT2D eigenvalue weighted by atomic mass is 16.3. The summed E-state index contributed by atoms with van der Waals surface area (Å²) in [6.07, 6.45) is -0.609. The average Bonchev–Trinajstić information content (AvgIpc) is 2.07. The standard InChI is InChI=1S/C12H19NO/c1-8-6-5-7-10(9(8)2)11(14)12(3,4)13/h5-7,11,14H,13H2,1-4H3. The van der Waals surface area contributed by atoms with E-state index in [1.807, 2.05) is 45.9 Å². The Hall–Kier alpha value is -0.860. The molecule has 1 atom stereocenters. The van der Waals surface area contributed by atoms with Crippen LogP contribution >= 0.6 is 0 Å². The first-order valence-corrected chi connectivity index (χ1v) is 4.87. The summed E-state index contributed by atoms with van der Waals surface area (Å²) in [6.45, 7) is 7.72. The van der Waals surface area contributed by atoms with Crippen molar-refractivity contribution < 1.29 is 5.11 Å². The van der Waals surface area contributed by atoms with Crippen LogP contribution in [0.3, 0.4) is 0 Å². The molecule has 0 heterocycles. The molecular weight excluding hydrogens is 174 g/mol. The zero-order valence-electron chi connectivity index (χ0n) is 9.33. The Bertz CT molecular complexity index is 326. The molecule has 0 aromatic heterocycles. The molecule has 14 heavy (non-hydrogen) atoms. The number of aryl methyl sites for hydroxylation is 1. The highest BCUT2D eigenvalue weighted by Crippen LogP contribution is 2.27. The number of aliphatic hydroxyl groups excluding tert-OH is 1. The lowest BCUT2D eigenvalue weighted by molar-refractivity contribution is 0.104. The summed E-state index contributed by atoms with van der Waals surface area (Å²) in [7, 11) is 0. The van der Waals surface area contributed by atoms with Gasteiger partial charge in [0.05, 0.1) is 6.10 Å². The molecule has 1 unspecified atom stereocenters. The third kappa shape index (κ3) is 2.14. The first-order chi connectivity index (χ1) is 6.34. The fourth-order valence-electron chi connectivity index (χ4n) is 1.47. The van der Waals surface area contributed by atoms with Gasteiger partial charge >= 0.3 is 0 Å². The van der Waals surface area contributed by atoms with Crippen LogP contribution < -0.4 is 5.73 Å². The number of benzene rings is 1. The second-order valence-electron chi connectivity index (χ2n) is 4.51. The van der Waals surface area contributed by atoms with E-state index in [9.17, 15) is 5.11 Å². The Labute approximate surface area is 85.8 Å². The van der Waals surface area contributed by atoms with E-state index in [-0.39, 0.29) is 0 Å². The van der Waals surface area contributed by atoms with Crippen molar-refractivity contribution in [1.29, 1.82) is 0 Å². The van der Waals surface area contributed by atoms with Crippen LogP contribution in [0, 0.1) is 13.8 Å². The van der Waals surface area contributed by atoms with Gasteiger partial charge in [-0.25, -0.2) is 0 Å². The van der Waals surface area contributed by atoms with Crippen molar-refractivity contribution in [3.05, 3.63) is 34.9 Å². The average molecular weight is 193 g/mol. The van der Waals surface area contributed by atoms with Gasteiger partial charge in [-0.15, -0.1) is 0 Å². The lowest BCUT2D eigenvalue weighted by atomic mass is 9.88. The highest BCUT2D eigenvalue weighted by Gasteiger charge is 2.25. The molecule has 1 aromatic rings. The van der Waals surface area contributed by atoms with E-state index in [4.69, 9.17) is 5.73 Å². The molecule has 3 N–H and O–H groups in total. The monoisotopic (exact) mass is 193 g/mol. The predicted octanol–water partition coefficient (Wildman–Crippen LogP) is 2.07. The van der Waals surface area contributed by atoms with Gasteiger partial charge < -0.3 is 10.8 Å². The summed E-state index contributed by atoms with van der Waals surface area (Å²) in [4.78, 5) is 0. The van der Waals surface area contributed by atoms with Crippen LogP contribution in [0.15, 0.2) is 18.2 Å². The van der Waals surface area contributed by atoms with Crippen molar-refractivity contribution in [2.45, 2.75) is 39.3 Å². The minimum atomic E-state index is -0.609. The normalized spacial score (nSPS) is 14.1.